The zero-order valence-electron chi connectivity index (χ0n) is 12.5. The van der Waals surface area contributed by atoms with E-state index in [1.807, 2.05) is 0 Å². The summed E-state index contributed by atoms with van der Waals surface area (Å²) in [4.78, 5) is 23.5. The third-order valence-electron chi connectivity index (χ3n) is 3.35. The molecule has 0 radical (unpaired) electrons. The maximum atomic E-state index is 13.5. The minimum Gasteiger partial charge on any atom is -0.327 e. The average Bonchev–Trinajstić information content (AvgIpc) is 2.55. The van der Waals surface area contributed by atoms with Gasteiger partial charge >= 0.3 is 6.03 Å². The van der Waals surface area contributed by atoms with E-state index in [1.165, 1.54) is 29.2 Å². The Hall–Kier alpha value is -2.96. The Labute approximate surface area is 132 Å². The van der Waals surface area contributed by atoms with Crippen LogP contribution in [0.5, 0.6) is 0 Å². The van der Waals surface area contributed by atoms with Gasteiger partial charge in [-0.1, -0.05) is 24.3 Å². The summed E-state index contributed by atoms with van der Waals surface area (Å²) in [5, 5.41) is 13.1. The molecule has 23 heavy (non-hydrogen) atoms. The first-order chi connectivity index (χ1) is 11.0. The quantitative estimate of drug-likeness (QED) is 0.678. The molecule has 2 amide bonds. The number of urea groups is 1. The van der Waals surface area contributed by atoms with E-state index < -0.39 is 16.8 Å². The lowest BCUT2D eigenvalue weighted by Crippen LogP contribution is -2.33. The maximum absolute atomic E-state index is 13.5. The van der Waals surface area contributed by atoms with Gasteiger partial charge in [0.2, 0.25) is 0 Å². The molecule has 0 bridgehead atoms. The Morgan fingerprint density at radius 2 is 1.87 bits per heavy atom. The average molecular weight is 317 g/mol. The Morgan fingerprint density at radius 3 is 2.48 bits per heavy atom. The van der Waals surface area contributed by atoms with Crippen LogP contribution < -0.4 is 5.32 Å². The molecule has 2 aromatic carbocycles. The van der Waals surface area contributed by atoms with E-state index in [9.17, 15) is 19.3 Å². The molecule has 7 heteroatoms. The molecule has 120 valence electrons. The summed E-state index contributed by atoms with van der Waals surface area (Å²) in [5.41, 5.74) is 1.03. The molecule has 6 nitrogen and oxygen atoms in total. The Kier molecular flexibility index (Phi) is 5.24. The topological polar surface area (TPSA) is 75.5 Å². The summed E-state index contributed by atoms with van der Waals surface area (Å²) in [5.74, 6) is -0.496. The highest BCUT2D eigenvalue weighted by molar-refractivity contribution is 5.89. The lowest BCUT2D eigenvalue weighted by molar-refractivity contribution is -0.384. The van der Waals surface area contributed by atoms with Crippen LogP contribution in [-0.2, 0) is 6.42 Å². The van der Waals surface area contributed by atoms with Gasteiger partial charge in [-0.2, -0.15) is 0 Å². The van der Waals surface area contributed by atoms with Gasteiger partial charge in [0.1, 0.15) is 5.82 Å². The highest BCUT2D eigenvalue weighted by Gasteiger charge is 2.11. The van der Waals surface area contributed by atoms with Crippen LogP contribution in [0.4, 0.5) is 20.6 Å². The fourth-order valence-corrected chi connectivity index (χ4v) is 1.96. The Morgan fingerprint density at radius 1 is 1.22 bits per heavy atom. The van der Waals surface area contributed by atoms with E-state index in [2.05, 4.69) is 5.32 Å². The van der Waals surface area contributed by atoms with Crippen LogP contribution in [0.3, 0.4) is 0 Å². The molecule has 0 aliphatic carbocycles. The van der Waals surface area contributed by atoms with Crippen LogP contribution in [-0.4, -0.2) is 29.4 Å². The van der Waals surface area contributed by atoms with Crippen molar-refractivity contribution in [2.24, 2.45) is 0 Å². The molecule has 0 atom stereocenters. The smallest absolute Gasteiger partial charge is 0.321 e. The number of nitrogens with one attached hydrogen (secondary N) is 1. The Bertz CT molecular complexity index is 704. The number of anilines is 1. The molecule has 0 aliphatic rings. The number of likely N-dealkylation sites (N-methyl/N-ethyl adjacent to an activating group) is 1. The van der Waals surface area contributed by atoms with E-state index in [0.717, 1.165) is 5.56 Å². The largest absolute Gasteiger partial charge is 0.327 e. The van der Waals surface area contributed by atoms with E-state index >= 15 is 0 Å². The number of carbonyl (C=O) groups excluding carboxylic acids is 1. The predicted molar refractivity (Wildman–Crippen MR) is 84.8 cm³/mol. The number of hydrogen-bond donors (Lipinski definition) is 1. The second-order valence-corrected chi connectivity index (χ2v) is 5.01. The molecule has 2 rings (SSSR count). The predicted octanol–water partition coefficient (Wildman–Crippen LogP) is 3.44. The van der Waals surface area contributed by atoms with Crippen LogP contribution in [0, 0.1) is 15.9 Å². The van der Waals surface area contributed by atoms with Gasteiger partial charge in [0.25, 0.3) is 5.69 Å². The number of rotatable bonds is 5. The number of nitrogens with zero attached hydrogens (tertiary/aromatic N) is 2. The van der Waals surface area contributed by atoms with Gasteiger partial charge in [-0.05, 0) is 24.1 Å². The van der Waals surface area contributed by atoms with Crippen molar-refractivity contribution in [2.75, 3.05) is 18.9 Å². The fraction of sp³-hybridized carbons (Fsp3) is 0.188. The van der Waals surface area contributed by atoms with Gasteiger partial charge in [-0.25, -0.2) is 9.18 Å². The number of non-ortho nitro benzene ring substituents is 1. The summed E-state index contributed by atoms with van der Waals surface area (Å²) < 4.78 is 13.5. The SMILES string of the molecule is CN(CCc1ccc([N+](=O)[O-])cc1)C(=O)Nc1ccccc1F. The van der Waals surface area contributed by atoms with Gasteiger partial charge < -0.3 is 10.2 Å². The fourth-order valence-electron chi connectivity index (χ4n) is 1.96. The number of nitro benzene ring substituents is 1. The van der Waals surface area contributed by atoms with E-state index in [4.69, 9.17) is 0 Å². The second kappa shape index (κ2) is 7.35. The van der Waals surface area contributed by atoms with Gasteiger partial charge in [-0.15, -0.1) is 0 Å². The molecule has 0 fully saturated rings. The van der Waals surface area contributed by atoms with Crippen LogP contribution in [0.2, 0.25) is 0 Å². The van der Waals surface area contributed by atoms with Gasteiger partial charge in [0, 0.05) is 25.7 Å². The molecule has 2 aromatic rings. The first-order valence-electron chi connectivity index (χ1n) is 6.97. The number of carbonyl (C=O) groups is 1. The number of hydrogen-bond acceptors (Lipinski definition) is 3. The summed E-state index contributed by atoms with van der Waals surface area (Å²) in [6.07, 6.45) is 0.541. The minimum atomic E-state index is -0.496. The summed E-state index contributed by atoms with van der Waals surface area (Å²) >= 11 is 0. The number of nitro groups is 1. The van der Waals surface area contributed by atoms with Crippen molar-refractivity contribution in [3.8, 4) is 0 Å². The third kappa shape index (κ3) is 4.50. The van der Waals surface area contributed by atoms with Crippen LogP contribution in [0.25, 0.3) is 0 Å². The summed E-state index contributed by atoms with van der Waals surface area (Å²) in [6.45, 7) is 0.401. The summed E-state index contributed by atoms with van der Waals surface area (Å²) in [7, 11) is 1.60. The van der Waals surface area contributed by atoms with Crippen molar-refractivity contribution >= 4 is 17.4 Å². The van der Waals surface area contributed by atoms with Gasteiger partial charge in [0.05, 0.1) is 10.6 Å². The van der Waals surface area contributed by atoms with Crippen molar-refractivity contribution in [2.45, 2.75) is 6.42 Å². The lowest BCUT2D eigenvalue weighted by Gasteiger charge is -2.18. The number of benzene rings is 2. The normalized spacial score (nSPS) is 10.2. The van der Waals surface area contributed by atoms with Crippen LogP contribution in [0.15, 0.2) is 48.5 Å². The molecule has 0 saturated carbocycles. The standard InChI is InChI=1S/C16H16FN3O3/c1-19(16(21)18-15-5-3-2-4-14(15)17)11-10-12-6-8-13(9-7-12)20(22)23/h2-9H,10-11H2,1H3,(H,18,21). The second-order valence-electron chi connectivity index (χ2n) is 5.01. The monoisotopic (exact) mass is 317 g/mol. The molecule has 0 spiro atoms. The lowest BCUT2D eigenvalue weighted by atomic mass is 10.1. The molecular formula is C16H16FN3O3. The van der Waals surface area contributed by atoms with Crippen molar-refractivity contribution in [1.29, 1.82) is 0 Å². The Balaban J connectivity index is 1.89. The molecule has 0 heterocycles. The molecule has 0 saturated heterocycles. The van der Waals surface area contributed by atoms with Crippen molar-refractivity contribution in [1.82, 2.24) is 4.90 Å². The first-order valence-corrected chi connectivity index (χ1v) is 6.97. The van der Waals surface area contributed by atoms with Crippen molar-refractivity contribution in [3.05, 3.63) is 70.0 Å². The van der Waals surface area contributed by atoms with Gasteiger partial charge in [-0.3, -0.25) is 10.1 Å². The molecule has 0 aliphatic heterocycles. The van der Waals surface area contributed by atoms with Crippen LogP contribution in [0.1, 0.15) is 5.56 Å². The highest BCUT2D eigenvalue weighted by atomic mass is 19.1. The van der Waals surface area contributed by atoms with Crippen molar-refractivity contribution in [3.63, 3.8) is 0 Å². The first kappa shape index (κ1) is 16.4. The molecule has 0 aromatic heterocycles. The number of amides is 2. The van der Waals surface area contributed by atoms with E-state index in [0.29, 0.717) is 13.0 Å². The van der Waals surface area contributed by atoms with E-state index in [-0.39, 0.29) is 11.4 Å². The minimum absolute atomic E-state index is 0.0272. The van der Waals surface area contributed by atoms with E-state index in [1.54, 1.807) is 31.3 Å². The number of para-hydroxylation sites is 1. The molecule has 0 unspecified atom stereocenters. The third-order valence-corrected chi connectivity index (χ3v) is 3.35. The zero-order valence-corrected chi connectivity index (χ0v) is 12.5. The maximum Gasteiger partial charge on any atom is 0.321 e. The van der Waals surface area contributed by atoms with Gasteiger partial charge in [0.15, 0.2) is 0 Å². The van der Waals surface area contributed by atoms with Crippen molar-refractivity contribution < 1.29 is 14.1 Å². The van der Waals surface area contributed by atoms with Crippen LogP contribution >= 0.6 is 0 Å². The highest BCUT2D eigenvalue weighted by Crippen LogP contribution is 2.14. The summed E-state index contributed by atoms with van der Waals surface area (Å²) in [6, 6.07) is 11.7. The molecule has 1 N–H and O–H groups in total. The zero-order chi connectivity index (χ0) is 16.8. The number of halogens is 1. The molecular weight excluding hydrogens is 301 g/mol.